The second kappa shape index (κ2) is 9.11. The third-order valence-electron chi connectivity index (χ3n) is 7.50. The Morgan fingerprint density at radius 3 is 2.00 bits per heavy atom. The van der Waals surface area contributed by atoms with Crippen LogP contribution in [0.1, 0.15) is 27.8 Å². The summed E-state index contributed by atoms with van der Waals surface area (Å²) in [5.74, 6) is 0. The zero-order valence-electron chi connectivity index (χ0n) is 20.6. The van der Waals surface area contributed by atoms with Gasteiger partial charge in [0.25, 0.3) is 0 Å². The van der Waals surface area contributed by atoms with Crippen LogP contribution in [0.15, 0.2) is 127 Å². The van der Waals surface area contributed by atoms with Crippen LogP contribution in [0, 0.1) is 0 Å². The molecule has 5 aromatic rings. The second-order valence-electron chi connectivity index (χ2n) is 9.73. The standard InChI is InChI=1S/C36H27N/c1-3-10-31(11-4-1)37(32-12-5-2-6-13-32)33-23-15-26(16-24-33)14-17-27-18-19-30-21-20-28-8-7-9-29-22-25-34(27)36(30)35(28)29/h1-7,9-24H,8,25H2. The molecular weight excluding hydrogens is 446 g/mol. The van der Waals surface area contributed by atoms with Crippen LogP contribution in [-0.2, 0) is 12.8 Å². The molecule has 176 valence electrons. The van der Waals surface area contributed by atoms with Gasteiger partial charge < -0.3 is 4.90 Å². The van der Waals surface area contributed by atoms with Crippen LogP contribution in [0.4, 0.5) is 17.1 Å². The van der Waals surface area contributed by atoms with Crippen molar-refractivity contribution < 1.29 is 0 Å². The number of anilines is 3. The first-order valence-corrected chi connectivity index (χ1v) is 13.0. The fraction of sp³-hybridized carbons (Fsp3) is 0.0556. The predicted octanol–water partition coefficient (Wildman–Crippen LogP) is 9.53. The molecule has 0 saturated heterocycles. The highest BCUT2D eigenvalue weighted by atomic mass is 15.1. The van der Waals surface area contributed by atoms with Crippen LogP contribution in [0.5, 0.6) is 0 Å². The van der Waals surface area contributed by atoms with Crippen LogP contribution < -0.4 is 4.90 Å². The lowest BCUT2D eigenvalue weighted by Crippen LogP contribution is -2.09. The van der Waals surface area contributed by atoms with Crippen molar-refractivity contribution >= 4 is 45.6 Å². The van der Waals surface area contributed by atoms with Crippen molar-refractivity contribution in [2.45, 2.75) is 12.8 Å². The molecule has 1 nitrogen and oxygen atoms in total. The number of nitrogens with zero attached hydrogens (tertiary/aromatic N) is 1. The Morgan fingerprint density at radius 1 is 0.595 bits per heavy atom. The van der Waals surface area contributed by atoms with E-state index in [1.807, 2.05) is 0 Å². The van der Waals surface area contributed by atoms with E-state index in [0.29, 0.717) is 0 Å². The van der Waals surface area contributed by atoms with E-state index < -0.39 is 0 Å². The monoisotopic (exact) mass is 473 g/mol. The number of para-hydroxylation sites is 2. The minimum absolute atomic E-state index is 0.981. The number of benzene rings is 5. The van der Waals surface area contributed by atoms with E-state index in [0.717, 1.165) is 29.9 Å². The molecule has 2 aliphatic carbocycles. The van der Waals surface area contributed by atoms with Gasteiger partial charge in [-0.1, -0.05) is 103 Å². The summed E-state index contributed by atoms with van der Waals surface area (Å²) in [4.78, 5) is 2.29. The molecule has 0 spiro atoms. The van der Waals surface area contributed by atoms with Crippen molar-refractivity contribution in [1.29, 1.82) is 0 Å². The number of hydrogen-bond donors (Lipinski definition) is 0. The number of hydrogen-bond acceptors (Lipinski definition) is 1. The summed E-state index contributed by atoms with van der Waals surface area (Å²) in [6.07, 6.45) is 13.5. The largest absolute Gasteiger partial charge is 0.311 e. The molecule has 0 atom stereocenters. The highest BCUT2D eigenvalue weighted by Crippen LogP contribution is 2.40. The van der Waals surface area contributed by atoms with Crippen LogP contribution >= 0.6 is 0 Å². The van der Waals surface area contributed by atoms with Gasteiger partial charge in [-0.2, -0.15) is 0 Å². The van der Waals surface area contributed by atoms with Crippen LogP contribution in [-0.4, -0.2) is 0 Å². The molecule has 7 rings (SSSR count). The number of rotatable bonds is 5. The molecule has 0 heterocycles. The van der Waals surface area contributed by atoms with Crippen molar-refractivity contribution in [1.82, 2.24) is 0 Å². The van der Waals surface area contributed by atoms with Gasteiger partial charge in [0.05, 0.1) is 0 Å². The molecule has 0 N–H and O–H groups in total. The lowest BCUT2D eigenvalue weighted by atomic mass is 9.80. The molecule has 0 fully saturated rings. The molecule has 0 aromatic heterocycles. The maximum Gasteiger partial charge on any atom is 0.0462 e. The first-order valence-electron chi connectivity index (χ1n) is 13.0. The quantitative estimate of drug-likeness (QED) is 0.230. The maximum absolute atomic E-state index is 2.39. The molecule has 37 heavy (non-hydrogen) atoms. The van der Waals surface area contributed by atoms with Gasteiger partial charge in [0.1, 0.15) is 0 Å². The van der Waals surface area contributed by atoms with E-state index in [2.05, 4.69) is 144 Å². The van der Waals surface area contributed by atoms with Crippen LogP contribution in [0.2, 0.25) is 0 Å². The lowest BCUT2D eigenvalue weighted by Gasteiger charge is -2.25. The number of allylic oxidation sites excluding steroid dienone is 4. The Hall–Kier alpha value is -4.62. The van der Waals surface area contributed by atoms with E-state index in [1.54, 1.807) is 0 Å². The summed E-state index contributed by atoms with van der Waals surface area (Å²) in [6.45, 7) is 0. The van der Waals surface area contributed by atoms with Crippen molar-refractivity contribution in [2.24, 2.45) is 0 Å². The molecule has 5 aromatic carbocycles. The molecule has 0 bridgehead atoms. The van der Waals surface area contributed by atoms with Gasteiger partial charge in [-0.25, -0.2) is 0 Å². The second-order valence-corrected chi connectivity index (χ2v) is 9.73. The SMILES string of the molecule is C1=CC2=CCc3c(C=Cc4ccc(N(c5ccccc5)c5ccccc5)cc4)ccc4ccc(c2c34)C1. The lowest BCUT2D eigenvalue weighted by molar-refractivity contribution is 1.20. The van der Waals surface area contributed by atoms with E-state index in [-0.39, 0.29) is 0 Å². The Morgan fingerprint density at radius 2 is 1.27 bits per heavy atom. The van der Waals surface area contributed by atoms with Gasteiger partial charge in [-0.15, -0.1) is 0 Å². The third kappa shape index (κ3) is 3.90. The average molecular weight is 474 g/mol. The van der Waals surface area contributed by atoms with E-state index in [1.165, 1.54) is 44.2 Å². The summed E-state index contributed by atoms with van der Waals surface area (Å²) in [5, 5.41) is 2.79. The minimum Gasteiger partial charge on any atom is -0.311 e. The Labute approximate surface area is 218 Å². The maximum atomic E-state index is 2.39. The van der Waals surface area contributed by atoms with E-state index >= 15 is 0 Å². The summed E-state index contributed by atoms with van der Waals surface area (Å²) in [6, 6.07) is 39.1. The van der Waals surface area contributed by atoms with Gasteiger partial charge in [0, 0.05) is 17.1 Å². The van der Waals surface area contributed by atoms with Crippen molar-refractivity contribution in [3.63, 3.8) is 0 Å². The Kier molecular flexibility index (Phi) is 5.33. The molecule has 2 aliphatic rings. The van der Waals surface area contributed by atoms with Crippen molar-refractivity contribution in [3.8, 4) is 0 Å². The fourth-order valence-corrected chi connectivity index (χ4v) is 5.73. The minimum atomic E-state index is 0.981. The molecule has 0 unspecified atom stereocenters. The van der Waals surface area contributed by atoms with Gasteiger partial charge in [0.15, 0.2) is 0 Å². The Balaban J connectivity index is 1.22. The van der Waals surface area contributed by atoms with Gasteiger partial charge in [-0.3, -0.25) is 0 Å². The molecule has 0 aliphatic heterocycles. The highest BCUT2D eigenvalue weighted by molar-refractivity contribution is 6.03. The summed E-state index contributed by atoms with van der Waals surface area (Å²) >= 11 is 0. The van der Waals surface area contributed by atoms with E-state index in [9.17, 15) is 0 Å². The molecule has 0 saturated carbocycles. The first-order chi connectivity index (χ1) is 18.3. The topological polar surface area (TPSA) is 3.24 Å². The zero-order valence-corrected chi connectivity index (χ0v) is 20.6. The van der Waals surface area contributed by atoms with Gasteiger partial charge in [-0.05, 0) is 93.4 Å². The van der Waals surface area contributed by atoms with Gasteiger partial charge >= 0.3 is 0 Å². The van der Waals surface area contributed by atoms with Crippen LogP contribution in [0.3, 0.4) is 0 Å². The highest BCUT2D eigenvalue weighted by Gasteiger charge is 2.20. The van der Waals surface area contributed by atoms with Crippen molar-refractivity contribution in [2.75, 3.05) is 4.90 Å². The smallest absolute Gasteiger partial charge is 0.0462 e. The van der Waals surface area contributed by atoms with Crippen LogP contribution in [0.25, 0.3) is 28.5 Å². The van der Waals surface area contributed by atoms with E-state index in [4.69, 9.17) is 0 Å². The molecule has 0 amide bonds. The molecular formula is C36H27N. The predicted molar refractivity (Wildman–Crippen MR) is 159 cm³/mol. The molecule has 0 radical (unpaired) electrons. The summed E-state index contributed by atoms with van der Waals surface area (Å²) in [5.41, 5.74) is 11.7. The Bertz CT molecular complexity index is 1650. The van der Waals surface area contributed by atoms with Gasteiger partial charge in [0.2, 0.25) is 0 Å². The zero-order chi connectivity index (χ0) is 24.6. The third-order valence-corrected chi connectivity index (χ3v) is 7.50. The van der Waals surface area contributed by atoms with Crippen molar-refractivity contribution in [3.05, 3.63) is 155 Å². The molecule has 1 heteroatoms. The normalized spacial score (nSPS) is 13.7. The average Bonchev–Trinajstić information content (AvgIpc) is 2.97. The fourth-order valence-electron chi connectivity index (χ4n) is 5.73. The summed E-state index contributed by atoms with van der Waals surface area (Å²) in [7, 11) is 0. The first kappa shape index (κ1) is 21.6. The summed E-state index contributed by atoms with van der Waals surface area (Å²) < 4.78 is 0.